The first-order chi connectivity index (χ1) is 23.0. The highest BCUT2D eigenvalue weighted by Crippen LogP contribution is 2.39. The van der Waals surface area contributed by atoms with Crippen LogP contribution in [0.5, 0.6) is 5.75 Å². The van der Waals surface area contributed by atoms with Crippen molar-refractivity contribution in [2.45, 2.75) is 124 Å². The van der Waals surface area contributed by atoms with Crippen molar-refractivity contribution < 1.29 is 74.4 Å². The van der Waals surface area contributed by atoms with E-state index in [2.05, 4.69) is 0 Å². The van der Waals surface area contributed by atoms with E-state index in [4.69, 9.17) is 31.6 Å². The third kappa shape index (κ3) is 10.5. The first-order valence-electron chi connectivity index (χ1n) is 16.8. The van der Waals surface area contributed by atoms with Crippen LogP contribution in [0.15, 0.2) is 30.3 Å². The molecule has 0 saturated carbocycles. The van der Waals surface area contributed by atoms with Gasteiger partial charge in [-0.05, 0) is 69.8 Å². The minimum atomic E-state index is -5.92. The Hall–Kier alpha value is -1.14. The molecule has 0 spiro atoms. The van der Waals surface area contributed by atoms with Crippen LogP contribution < -0.4 is 36.3 Å². The Bertz CT molecular complexity index is 1580. The average Bonchev–Trinajstić information content (AvgIpc) is 2.95. The van der Waals surface area contributed by atoms with Crippen LogP contribution in [0, 0.1) is 21.0 Å². The topological polar surface area (TPSA) is 98.8 Å². The van der Waals surface area contributed by atoms with Crippen LogP contribution in [0.1, 0.15) is 94.2 Å². The lowest BCUT2D eigenvalue weighted by molar-refractivity contribution is -0.598. The molecule has 2 aliphatic rings. The van der Waals surface area contributed by atoms with Gasteiger partial charge in [0, 0.05) is 5.56 Å². The van der Waals surface area contributed by atoms with E-state index in [1.54, 1.807) is 19.9 Å². The van der Waals surface area contributed by atoms with Crippen molar-refractivity contribution in [3.63, 3.8) is 0 Å². The molecule has 51 heavy (non-hydrogen) atoms. The molecule has 0 N–H and O–H groups in total. The maximum Gasteiger partial charge on any atom is 0.534 e. The molecule has 0 atom stereocenters. The maximum absolute atomic E-state index is 13.5. The molecule has 0 bridgehead atoms. The summed E-state index contributed by atoms with van der Waals surface area (Å²) in [5.41, 5.74) is -3.22. The minimum Gasteiger partial charge on any atom is -0.452 e. The van der Waals surface area contributed by atoms with Crippen LogP contribution in [0.2, 0.25) is 21.3 Å². The lowest BCUT2D eigenvalue weighted by Gasteiger charge is -2.41. The average molecular weight is 845 g/mol. The second-order valence-electron chi connectivity index (χ2n) is 17.6. The fourth-order valence-corrected chi connectivity index (χ4v) is 8.52. The molecular formula is C31H47B6F3IO9S+. The number of rotatable bonds is 6. The zero-order valence-electron chi connectivity index (χ0n) is 31.9. The molecule has 276 valence electrons. The van der Waals surface area contributed by atoms with E-state index in [9.17, 15) is 21.6 Å². The van der Waals surface area contributed by atoms with Gasteiger partial charge in [0.15, 0.2) is 9.32 Å². The van der Waals surface area contributed by atoms with E-state index in [0.29, 0.717) is 29.2 Å². The molecule has 0 unspecified atom stereocenters. The number of hydrogen-bond acceptors (Lipinski definition) is 9. The van der Waals surface area contributed by atoms with Gasteiger partial charge in [-0.1, -0.05) is 95.2 Å². The van der Waals surface area contributed by atoms with Gasteiger partial charge in [-0.15, -0.1) is 0 Å². The van der Waals surface area contributed by atoms with Crippen LogP contribution in [0.25, 0.3) is 0 Å². The van der Waals surface area contributed by atoms with Crippen molar-refractivity contribution in [2.24, 2.45) is 0 Å². The molecule has 2 saturated heterocycles. The third-order valence-electron chi connectivity index (χ3n) is 7.85. The summed E-state index contributed by atoms with van der Waals surface area (Å²) >= 11 is -1.38. The summed E-state index contributed by atoms with van der Waals surface area (Å²) in [7, 11) is -10.3. The van der Waals surface area contributed by atoms with Gasteiger partial charge in [0.2, 0.25) is 3.57 Å². The highest BCUT2D eigenvalue weighted by Gasteiger charge is 2.54. The lowest BCUT2D eigenvalue weighted by atomic mass is 9.49. The predicted octanol–water partition coefficient (Wildman–Crippen LogP) is 3.33. The van der Waals surface area contributed by atoms with Gasteiger partial charge < -0.3 is 31.6 Å². The fourth-order valence-electron chi connectivity index (χ4n) is 5.14. The van der Waals surface area contributed by atoms with Crippen molar-refractivity contribution in [3.8, 4) is 5.75 Å². The second kappa shape index (κ2) is 14.8. The quantitative estimate of drug-likeness (QED) is 0.188. The van der Waals surface area contributed by atoms with Gasteiger partial charge in [0.05, 0.1) is 0 Å². The smallest absolute Gasteiger partial charge is 0.452 e. The Kier molecular flexibility index (Phi) is 12.4. The monoisotopic (exact) mass is 845 g/mol. The first-order valence-corrected chi connectivity index (χ1v) is 20.4. The summed E-state index contributed by atoms with van der Waals surface area (Å²) in [6, 6.07) is 8.72. The number of halogens is 4. The SMILES string of the molecule is Cc1cc(C)c([I+]c2cc(B3OB(C(C)(C)C)OB(C(C)(C)C)O3)cc(B3OB(C(C)(C)C)OB(C(C)(C)C)O3)c2)c(OS(=O)(=O)C(F)(F)F)c1. The summed E-state index contributed by atoms with van der Waals surface area (Å²) < 4.78 is 109. The zero-order valence-corrected chi connectivity index (χ0v) is 34.9. The molecule has 2 aliphatic heterocycles. The van der Waals surface area contributed by atoms with E-state index in [1.807, 2.05) is 101 Å². The Morgan fingerprint density at radius 3 is 1.29 bits per heavy atom. The number of benzene rings is 2. The van der Waals surface area contributed by atoms with Crippen LogP contribution in [0.3, 0.4) is 0 Å². The molecule has 9 nitrogen and oxygen atoms in total. The molecule has 2 fully saturated rings. The van der Waals surface area contributed by atoms with Crippen LogP contribution >= 0.6 is 0 Å². The van der Waals surface area contributed by atoms with Gasteiger partial charge in [0.1, 0.15) is 0 Å². The van der Waals surface area contributed by atoms with Gasteiger partial charge in [-0.25, -0.2) is 0 Å². The molecule has 4 rings (SSSR count). The number of alkyl halides is 3. The normalized spacial score (nSPS) is 17.4. The summed E-state index contributed by atoms with van der Waals surface area (Å²) in [5.74, 6) is -0.358. The molecule has 0 aromatic heterocycles. The number of hydrogen-bond donors (Lipinski definition) is 0. The Balaban J connectivity index is 1.90. The first kappa shape index (κ1) is 42.6. The summed E-state index contributed by atoms with van der Waals surface area (Å²) in [4.78, 5) is 0. The molecular weight excluding hydrogens is 797 g/mol. The van der Waals surface area contributed by atoms with E-state index < -0.39 is 101 Å². The Morgan fingerprint density at radius 1 is 0.588 bits per heavy atom. The standard InChI is InChI=1S/C31H47B6F3IO9S/c1-20-15-21(2)26(25(16-20)44-51(42,43)31(38,39)40)41-24-18-22(32-45-34(27(3,4)5)49-35(46-32)28(6,7)8)17-23(19-24)33-47-36(29(9,10)11)50-37(48-33)30(12,13)14/h15-19H,1-14H3/q+1. The van der Waals surface area contributed by atoms with E-state index >= 15 is 0 Å². The van der Waals surface area contributed by atoms with Gasteiger partial charge >= 0.3 is 79.5 Å². The van der Waals surface area contributed by atoms with E-state index in [-0.39, 0.29) is 5.75 Å². The van der Waals surface area contributed by atoms with Gasteiger partial charge in [-0.2, -0.15) is 21.6 Å². The molecule has 20 heteroatoms. The van der Waals surface area contributed by atoms with Crippen molar-refractivity contribution in [2.75, 3.05) is 0 Å². The molecule has 0 aliphatic carbocycles. The highest BCUT2D eigenvalue weighted by molar-refractivity contribution is 7.88. The molecule has 0 amide bonds. The van der Waals surface area contributed by atoms with Gasteiger partial charge in [-0.3, -0.25) is 0 Å². The summed E-state index contributed by atoms with van der Waals surface area (Å²) in [5, 5.41) is -1.66. The largest absolute Gasteiger partial charge is 0.534 e. The van der Waals surface area contributed by atoms with Crippen molar-refractivity contribution >= 4 is 63.8 Å². The fraction of sp³-hybridized carbons (Fsp3) is 0.613. The molecule has 2 heterocycles. The number of aryl methyl sites for hydroxylation is 2. The zero-order chi connectivity index (χ0) is 38.7. The van der Waals surface area contributed by atoms with Crippen molar-refractivity contribution in [1.29, 1.82) is 0 Å². The second-order valence-corrected chi connectivity index (χ2v) is 22.0. The molecule has 0 radical (unpaired) electrons. The lowest BCUT2D eigenvalue weighted by Crippen LogP contribution is -3.61. The van der Waals surface area contributed by atoms with Crippen molar-refractivity contribution in [3.05, 3.63) is 48.6 Å². The predicted molar refractivity (Wildman–Crippen MR) is 195 cm³/mol. The Morgan fingerprint density at radius 2 is 0.961 bits per heavy atom. The van der Waals surface area contributed by atoms with Crippen LogP contribution in [-0.4, -0.2) is 56.6 Å². The maximum atomic E-state index is 13.5. The third-order valence-corrected chi connectivity index (χ3v) is 12.0. The summed E-state index contributed by atoms with van der Waals surface area (Å²) in [6.07, 6.45) is 0. The van der Waals surface area contributed by atoms with Crippen LogP contribution in [-0.2, 0) is 37.5 Å². The molecule has 2 aromatic rings. The molecule has 2 aromatic carbocycles. The summed E-state index contributed by atoms with van der Waals surface area (Å²) in [6.45, 7) is 27.5. The van der Waals surface area contributed by atoms with E-state index in [0.717, 1.165) is 0 Å². The Labute approximate surface area is 314 Å². The minimum absolute atomic E-state index is 0.358. The van der Waals surface area contributed by atoms with Crippen molar-refractivity contribution in [1.82, 2.24) is 0 Å². The van der Waals surface area contributed by atoms with Gasteiger partial charge in [0.25, 0.3) is 0 Å². The van der Waals surface area contributed by atoms with E-state index in [1.165, 1.54) is 6.07 Å². The van der Waals surface area contributed by atoms with Crippen LogP contribution in [0.4, 0.5) is 13.2 Å². The highest BCUT2D eigenvalue weighted by atomic mass is 127.